The Morgan fingerprint density at radius 3 is 1.55 bits per heavy atom. The van der Waals surface area contributed by atoms with Gasteiger partial charge in [-0.3, -0.25) is 0 Å². The third kappa shape index (κ3) is 5.66. The molecule has 0 radical (unpaired) electrons. The van der Waals surface area contributed by atoms with Gasteiger partial charge in [0.1, 0.15) is 0 Å². The standard InChI is InChI=1S/C53H38N2/c1-53(2)47-22-12-11-20-46(47)51-42(21-13-23-48(51)53)38-28-26-37(27-29-38)41-32-33-45(44-19-10-9-18-43(41)44)50-34-49(54-52(55-50)40-16-7-4-8-17-40)39-30-24-36(25-31-39)35-14-5-3-6-15-35/h3-34H,1-2H3. The SMILES string of the molecule is CC1(C)c2ccccc2-c2c(-c3ccc(-c4ccc(-c5cc(-c6ccc(-c7ccccc7)cc6)nc(-c6ccccc6)n5)c5ccccc45)cc3)cccc21. The third-order valence-corrected chi connectivity index (χ3v) is 11.4. The van der Waals surface area contributed by atoms with E-state index in [1.54, 1.807) is 0 Å². The van der Waals surface area contributed by atoms with Gasteiger partial charge in [-0.25, -0.2) is 9.97 Å². The van der Waals surface area contributed by atoms with E-state index in [9.17, 15) is 0 Å². The summed E-state index contributed by atoms with van der Waals surface area (Å²) in [6, 6.07) is 69.5. The van der Waals surface area contributed by atoms with Gasteiger partial charge in [0.15, 0.2) is 5.82 Å². The van der Waals surface area contributed by atoms with Crippen LogP contribution in [0.3, 0.4) is 0 Å². The molecule has 0 unspecified atom stereocenters. The molecule has 2 nitrogen and oxygen atoms in total. The zero-order chi connectivity index (χ0) is 36.9. The van der Waals surface area contributed by atoms with Crippen LogP contribution in [0.15, 0.2) is 194 Å². The van der Waals surface area contributed by atoms with Crippen LogP contribution in [0.1, 0.15) is 25.0 Å². The highest BCUT2D eigenvalue weighted by Gasteiger charge is 2.36. The maximum absolute atomic E-state index is 5.21. The van der Waals surface area contributed by atoms with Crippen molar-refractivity contribution < 1.29 is 0 Å². The van der Waals surface area contributed by atoms with E-state index in [0.29, 0.717) is 5.82 Å². The monoisotopic (exact) mass is 702 g/mol. The van der Waals surface area contributed by atoms with Crippen LogP contribution in [-0.4, -0.2) is 9.97 Å². The molecule has 2 heteroatoms. The van der Waals surface area contributed by atoms with Crippen LogP contribution < -0.4 is 0 Å². The summed E-state index contributed by atoms with van der Waals surface area (Å²) < 4.78 is 0. The van der Waals surface area contributed by atoms with Gasteiger partial charge in [-0.05, 0) is 72.5 Å². The second kappa shape index (κ2) is 13.2. The third-order valence-electron chi connectivity index (χ3n) is 11.4. The molecule has 260 valence electrons. The van der Waals surface area contributed by atoms with Crippen LogP contribution in [0.2, 0.25) is 0 Å². The van der Waals surface area contributed by atoms with Crippen molar-refractivity contribution in [3.05, 3.63) is 205 Å². The molecule has 0 amide bonds. The Hall–Kier alpha value is -6.90. The Morgan fingerprint density at radius 2 is 0.818 bits per heavy atom. The van der Waals surface area contributed by atoms with E-state index in [-0.39, 0.29) is 5.41 Å². The molecule has 1 aliphatic carbocycles. The molecule has 0 fully saturated rings. The van der Waals surface area contributed by atoms with E-state index in [1.165, 1.54) is 61.0 Å². The minimum Gasteiger partial charge on any atom is -0.228 e. The lowest BCUT2D eigenvalue weighted by molar-refractivity contribution is 0.660. The number of hydrogen-bond donors (Lipinski definition) is 0. The Labute approximate surface area is 322 Å². The maximum atomic E-state index is 5.21. The van der Waals surface area contributed by atoms with Crippen molar-refractivity contribution in [2.45, 2.75) is 19.3 Å². The molecular weight excluding hydrogens is 665 g/mol. The molecular formula is C53H38N2. The summed E-state index contributed by atoms with van der Waals surface area (Å²) in [7, 11) is 0. The summed E-state index contributed by atoms with van der Waals surface area (Å²) >= 11 is 0. The summed E-state index contributed by atoms with van der Waals surface area (Å²) in [5, 5.41) is 2.35. The normalized spacial score (nSPS) is 12.7. The van der Waals surface area contributed by atoms with Crippen LogP contribution >= 0.6 is 0 Å². The van der Waals surface area contributed by atoms with Crippen LogP contribution in [-0.2, 0) is 5.41 Å². The lowest BCUT2D eigenvalue weighted by Crippen LogP contribution is -2.14. The quantitative estimate of drug-likeness (QED) is 0.172. The number of hydrogen-bond acceptors (Lipinski definition) is 2. The zero-order valence-corrected chi connectivity index (χ0v) is 30.9. The molecule has 8 aromatic carbocycles. The molecule has 55 heavy (non-hydrogen) atoms. The van der Waals surface area contributed by atoms with Crippen LogP contribution in [0, 0.1) is 0 Å². The van der Waals surface area contributed by atoms with E-state index in [4.69, 9.17) is 9.97 Å². The van der Waals surface area contributed by atoms with Gasteiger partial charge in [0, 0.05) is 22.1 Å². The summed E-state index contributed by atoms with van der Waals surface area (Å²) in [6.07, 6.45) is 0. The molecule has 1 aromatic heterocycles. The van der Waals surface area contributed by atoms with Gasteiger partial charge in [-0.2, -0.15) is 0 Å². The van der Waals surface area contributed by atoms with Gasteiger partial charge >= 0.3 is 0 Å². The first-order valence-corrected chi connectivity index (χ1v) is 19.0. The summed E-state index contributed by atoms with van der Waals surface area (Å²) in [4.78, 5) is 10.3. The number of nitrogens with zero attached hydrogens (tertiary/aromatic N) is 2. The zero-order valence-electron chi connectivity index (χ0n) is 30.9. The largest absolute Gasteiger partial charge is 0.228 e. The number of benzene rings is 8. The minimum atomic E-state index is -0.0260. The summed E-state index contributed by atoms with van der Waals surface area (Å²) in [6.45, 7) is 4.68. The van der Waals surface area contributed by atoms with E-state index in [2.05, 4.69) is 184 Å². The van der Waals surface area contributed by atoms with Gasteiger partial charge in [-0.15, -0.1) is 0 Å². The molecule has 0 spiro atoms. The average Bonchev–Trinajstić information content (AvgIpc) is 3.50. The molecule has 0 atom stereocenters. The molecule has 0 saturated carbocycles. The van der Waals surface area contributed by atoms with Crippen molar-refractivity contribution in [3.8, 4) is 78.4 Å². The van der Waals surface area contributed by atoms with Gasteiger partial charge < -0.3 is 0 Å². The van der Waals surface area contributed by atoms with Crippen molar-refractivity contribution in [1.82, 2.24) is 9.97 Å². The Kier molecular flexibility index (Phi) is 7.85. The maximum Gasteiger partial charge on any atom is 0.160 e. The first kappa shape index (κ1) is 32.7. The van der Waals surface area contributed by atoms with E-state index >= 15 is 0 Å². The fourth-order valence-corrected chi connectivity index (χ4v) is 8.51. The molecule has 0 aliphatic heterocycles. The Morgan fingerprint density at radius 1 is 0.327 bits per heavy atom. The van der Waals surface area contributed by atoms with Gasteiger partial charge in [0.25, 0.3) is 0 Å². The number of rotatable bonds is 6. The first-order valence-electron chi connectivity index (χ1n) is 19.0. The predicted molar refractivity (Wildman–Crippen MR) is 230 cm³/mol. The fourth-order valence-electron chi connectivity index (χ4n) is 8.51. The highest BCUT2D eigenvalue weighted by molar-refractivity contribution is 6.05. The van der Waals surface area contributed by atoms with Crippen LogP contribution in [0.4, 0.5) is 0 Å². The molecule has 1 aliphatic rings. The average molecular weight is 703 g/mol. The van der Waals surface area contributed by atoms with E-state index in [0.717, 1.165) is 33.5 Å². The van der Waals surface area contributed by atoms with Crippen molar-refractivity contribution >= 4 is 10.8 Å². The van der Waals surface area contributed by atoms with Crippen molar-refractivity contribution in [2.24, 2.45) is 0 Å². The van der Waals surface area contributed by atoms with Crippen LogP contribution in [0.5, 0.6) is 0 Å². The Bertz CT molecular complexity index is 2850. The summed E-state index contributed by atoms with van der Waals surface area (Å²) in [5.41, 5.74) is 17.7. The number of fused-ring (bicyclic) bond motifs is 4. The van der Waals surface area contributed by atoms with E-state index < -0.39 is 0 Å². The molecule has 9 aromatic rings. The fraction of sp³-hybridized carbons (Fsp3) is 0.0566. The van der Waals surface area contributed by atoms with Crippen molar-refractivity contribution in [2.75, 3.05) is 0 Å². The first-order chi connectivity index (χ1) is 27.0. The van der Waals surface area contributed by atoms with Gasteiger partial charge in [-0.1, -0.05) is 202 Å². The van der Waals surface area contributed by atoms with Gasteiger partial charge in [0.2, 0.25) is 0 Å². The predicted octanol–water partition coefficient (Wildman–Crippen LogP) is 13.9. The molecule has 1 heterocycles. The molecule has 0 saturated heterocycles. The second-order valence-electron chi connectivity index (χ2n) is 15.0. The molecule has 0 bridgehead atoms. The lowest BCUT2D eigenvalue weighted by atomic mass is 9.82. The molecule has 10 rings (SSSR count). The van der Waals surface area contributed by atoms with Crippen molar-refractivity contribution in [3.63, 3.8) is 0 Å². The topological polar surface area (TPSA) is 25.8 Å². The second-order valence-corrected chi connectivity index (χ2v) is 15.0. The highest BCUT2D eigenvalue weighted by Crippen LogP contribution is 2.52. The minimum absolute atomic E-state index is 0.0260. The molecule has 0 N–H and O–H groups in total. The van der Waals surface area contributed by atoms with E-state index in [1.807, 2.05) is 24.3 Å². The van der Waals surface area contributed by atoms with Gasteiger partial charge in [0.05, 0.1) is 11.4 Å². The number of aromatic nitrogens is 2. The Balaban J connectivity index is 1.05. The lowest BCUT2D eigenvalue weighted by Gasteiger charge is -2.21. The smallest absolute Gasteiger partial charge is 0.160 e. The highest BCUT2D eigenvalue weighted by atomic mass is 14.9. The summed E-state index contributed by atoms with van der Waals surface area (Å²) in [5.74, 6) is 0.711. The van der Waals surface area contributed by atoms with Crippen LogP contribution in [0.25, 0.3) is 89.2 Å². The van der Waals surface area contributed by atoms with Crippen molar-refractivity contribution in [1.29, 1.82) is 0 Å².